The number of amides is 2. The van der Waals surface area contributed by atoms with Crippen LogP contribution in [0, 0.1) is 11.6 Å². The highest BCUT2D eigenvalue weighted by atomic mass is 79.9. The molecule has 1 aromatic carbocycles. The summed E-state index contributed by atoms with van der Waals surface area (Å²) in [6.07, 6.45) is 5.29. The standard InChI is InChI=1S/C13H15BrF2N2O/c14-9-6-12(11(16)7-10(9)15)18-13(19)17-8-4-2-1-3-5-8/h6-8H,1-5H2,(H2,17,18,19). The summed E-state index contributed by atoms with van der Waals surface area (Å²) in [6.45, 7) is 0. The van der Waals surface area contributed by atoms with Gasteiger partial charge in [-0.25, -0.2) is 13.6 Å². The van der Waals surface area contributed by atoms with Crippen molar-refractivity contribution in [2.45, 2.75) is 38.1 Å². The van der Waals surface area contributed by atoms with Gasteiger partial charge >= 0.3 is 6.03 Å². The van der Waals surface area contributed by atoms with Crippen LogP contribution in [0.15, 0.2) is 16.6 Å². The molecule has 0 bridgehead atoms. The summed E-state index contributed by atoms with van der Waals surface area (Å²) < 4.78 is 26.6. The van der Waals surface area contributed by atoms with Gasteiger partial charge in [-0.1, -0.05) is 19.3 Å². The Balaban J connectivity index is 1.96. The largest absolute Gasteiger partial charge is 0.335 e. The van der Waals surface area contributed by atoms with Crippen LogP contribution in [-0.2, 0) is 0 Å². The van der Waals surface area contributed by atoms with Crippen LogP contribution in [0.25, 0.3) is 0 Å². The molecule has 1 fully saturated rings. The second-order valence-corrected chi connectivity index (χ2v) is 5.53. The van der Waals surface area contributed by atoms with Crippen molar-refractivity contribution in [3.63, 3.8) is 0 Å². The predicted octanol–water partition coefficient (Wildman–Crippen LogP) is 4.18. The van der Waals surface area contributed by atoms with Crippen LogP contribution in [0.4, 0.5) is 19.3 Å². The van der Waals surface area contributed by atoms with Gasteiger partial charge < -0.3 is 10.6 Å². The highest BCUT2D eigenvalue weighted by Gasteiger charge is 2.17. The lowest BCUT2D eigenvalue weighted by molar-refractivity contribution is 0.244. The Labute approximate surface area is 118 Å². The molecular weight excluding hydrogens is 318 g/mol. The van der Waals surface area contributed by atoms with Crippen LogP contribution in [0.2, 0.25) is 0 Å². The molecule has 1 saturated carbocycles. The monoisotopic (exact) mass is 332 g/mol. The minimum Gasteiger partial charge on any atom is -0.335 e. The minimum absolute atomic E-state index is 0.0402. The Morgan fingerprint density at radius 1 is 1.16 bits per heavy atom. The summed E-state index contributed by atoms with van der Waals surface area (Å²) in [7, 11) is 0. The molecule has 2 amide bonds. The number of hydrogen-bond donors (Lipinski definition) is 2. The number of carbonyl (C=O) groups excluding carboxylic acids is 1. The maximum absolute atomic E-state index is 13.5. The van der Waals surface area contributed by atoms with Crippen LogP contribution in [0.1, 0.15) is 32.1 Å². The van der Waals surface area contributed by atoms with E-state index in [4.69, 9.17) is 0 Å². The van der Waals surface area contributed by atoms with Crippen molar-refractivity contribution >= 4 is 27.6 Å². The number of nitrogens with one attached hydrogen (secondary N) is 2. The van der Waals surface area contributed by atoms with Crippen molar-refractivity contribution in [3.05, 3.63) is 28.2 Å². The summed E-state index contributed by atoms with van der Waals surface area (Å²) in [4.78, 5) is 11.7. The summed E-state index contributed by atoms with van der Waals surface area (Å²) in [5, 5.41) is 5.21. The molecule has 6 heteroatoms. The van der Waals surface area contributed by atoms with Gasteiger partial charge in [0, 0.05) is 12.1 Å². The van der Waals surface area contributed by atoms with Crippen molar-refractivity contribution in [1.29, 1.82) is 0 Å². The van der Waals surface area contributed by atoms with Crippen LogP contribution in [-0.4, -0.2) is 12.1 Å². The van der Waals surface area contributed by atoms with E-state index in [0.29, 0.717) is 0 Å². The van der Waals surface area contributed by atoms with Crippen LogP contribution < -0.4 is 10.6 Å². The quantitative estimate of drug-likeness (QED) is 0.783. The van der Waals surface area contributed by atoms with E-state index in [1.54, 1.807) is 0 Å². The second-order valence-electron chi connectivity index (χ2n) is 4.68. The van der Waals surface area contributed by atoms with E-state index in [1.807, 2.05) is 0 Å². The number of carbonyl (C=O) groups is 1. The SMILES string of the molecule is O=C(Nc1cc(Br)c(F)cc1F)NC1CCCCC1. The molecule has 19 heavy (non-hydrogen) atoms. The van der Waals surface area contributed by atoms with E-state index in [1.165, 1.54) is 12.5 Å². The van der Waals surface area contributed by atoms with E-state index < -0.39 is 17.7 Å². The fourth-order valence-corrected chi connectivity index (χ4v) is 2.55. The normalized spacial score (nSPS) is 16.2. The molecule has 1 aromatic rings. The molecule has 0 atom stereocenters. The summed E-state index contributed by atoms with van der Waals surface area (Å²) in [6, 6.07) is 1.64. The number of urea groups is 1. The van der Waals surface area contributed by atoms with Gasteiger partial charge in [0.1, 0.15) is 11.6 Å². The maximum Gasteiger partial charge on any atom is 0.319 e. The molecule has 0 radical (unpaired) electrons. The first-order chi connectivity index (χ1) is 9.06. The molecule has 0 aliphatic heterocycles. The molecule has 2 N–H and O–H groups in total. The van der Waals surface area contributed by atoms with Crippen molar-refractivity contribution in [1.82, 2.24) is 5.32 Å². The third kappa shape index (κ3) is 3.89. The number of rotatable bonds is 2. The molecule has 0 heterocycles. The Bertz CT molecular complexity index is 476. The van der Waals surface area contributed by atoms with Crippen LogP contribution >= 0.6 is 15.9 Å². The molecule has 2 rings (SSSR count). The van der Waals surface area contributed by atoms with Gasteiger partial charge in [0.05, 0.1) is 10.2 Å². The second kappa shape index (κ2) is 6.32. The average molecular weight is 333 g/mol. The highest BCUT2D eigenvalue weighted by molar-refractivity contribution is 9.10. The van der Waals surface area contributed by atoms with Gasteiger partial charge in [-0.15, -0.1) is 0 Å². The van der Waals surface area contributed by atoms with Gasteiger partial charge in [0.15, 0.2) is 0 Å². The van der Waals surface area contributed by atoms with Gasteiger partial charge in [-0.05, 0) is 34.8 Å². The van der Waals surface area contributed by atoms with Crippen LogP contribution in [0.3, 0.4) is 0 Å². The number of benzene rings is 1. The smallest absolute Gasteiger partial charge is 0.319 e. The van der Waals surface area contributed by atoms with Crippen molar-refractivity contribution in [2.24, 2.45) is 0 Å². The maximum atomic E-state index is 13.5. The molecular formula is C13H15BrF2N2O. The van der Waals surface area contributed by atoms with Crippen molar-refractivity contribution < 1.29 is 13.6 Å². The van der Waals surface area contributed by atoms with Crippen LogP contribution in [0.5, 0.6) is 0 Å². The first-order valence-electron chi connectivity index (χ1n) is 6.28. The minimum atomic E-state index is -0.792. The van der Waals surface area contributed by atoms with Gasteiger partial charge in [0.25, 0.3) is 0 Å². The molecule has 0 saturated heterocycles. The van der Waals surface area contributed by atoms with Gasteiger partial charge in [-0.2, -0.15) is 0 Å². The number of anilines is 1. The zero-order valence-electron chi connectivity index (χ0n) is 10.3. The molecule has 0 unspecified atom stereocenters. The zero-order chi connectivity index (χ0) is 13.8. The first kappa shape index (κ1) is 14.2. The molecule has 3 nitrogen and oxygen atoms in total. The Kier molecular flexibility index (Phi) is 4.74. The van der Waals surface area contributed by atoms with E-state index >= 15 is 0 Å². The zero-order valence-corrected chi connectivity index (χ0v) is 11.9. The molecule has 0 aromatic heterocycles. The van der Waals surface area contributed by atoms with Gasteiger partial charge in [0.2, 0.25) is 0 Å². The Hall–Kier alpha value is -1.17. The molecule has 0 spiro atoms. The van der Waals surface area contributed by atoms with Gasteiger partial charge in [-0.3, -0.25) is 0 Å². The Morgan fingerprint density at radius 3 is 2.53 bits per heavy atom. The van der Waals surface area contributed by atoms with Crippen molar-refractivity contribution in [2.75, 3.05) is 5.32 Å². The summed E-state index contributed by atoms with van der Waals surface area (Å²) in [5.74, 6) is -1.49. The molecule has 1 aliphatic rings. The lowest BCUT2D eigenvalue weighted by Gasteiger charge is -2.22. The first-order valence-corrected chi connectivity index (χ1v) is 7.07. The predicted molar refractivity (Wildman–Crippen MR) is 73.1 cm³/mol. The van der Waals surface area contributed by atoms with E-state index in [0.717, 1.165) is 31.7 Å². The fourth-order valence-electron chi connectivity index (χ4n) is 2.21. The lowest BCUT2D eigenvalue weighted by Crippen LogP contribution is -2.39. The van der Waals surface area contributed by atoms with E-state index in [-0.39, 0.29) is 16.2 Å². The third-order valence-electron chi connectivity index (χ3n) is 3.20. The van der Waals surface area contributed by atoms with E-state index in [9.17, 15) is 13.6 Å². The van der Waals surface area contributed by atoms with E-state index in [2.05, 4.69) is 26.6 Å². The lowest BCUT2D eigenvalue weighted by atomic mass is 9.96. The number of hydrogen-bond acceptors (Lipinski definition) is 1. The number of halogens is 3. The fraction of sp³-hybridized carbons (Fsp3) is 0.462. The molecule has 104 valence electrons. The average Bonchev–Trinajstić information content (AvgIpc) is 2.37. The molecule has 1 aliphatic carbocycles. The topological polar surface area (TPSA) is 41.1 Å². The highest BCUT2D eigenvalue weighted by Crippen LogP contribution is 2.24. The summed E-state index contributed by atoms with van der Waals surface area (Å²) >= 11 is 2.96. The Morgan fingerprint density at radius 2 is 1.84 bits per heavy atom. The summed E-state index contributed by atoms with van der Waals surface area (Å²) in [5.41, 5.74) is -0.0402. The van der Waals surface area contributed by atoms with Crippen molar-refractivity contribution in [3.8, 4) is 0 Å². The third-order valence-corrected chi connectivity index (χ3v) is 3.81.